The van der Waals surface area contributed by atoms with Crippen molar-refractivity contribution < 1.29 is 14.3 Å². The first kappa shape index (κ1) is 23.9. The summed E-state index contributed by atoms with van der Waals surface area (Å²) >= 11 is 5.62. The standard InChI is InChI=1S/C21H33N3O3S/c1-14(2)16(22-19(26)27-20(3,4)5)17(25)23-21(6,7)18(28)24(8)15-12-10-9-11-13-15/h9-14,16H,1-8H3,(H,22,26)(H,23,25)/t16-/m0/s1. The van der Waals surface area contributed by atoms with Gasteiger partial charge in [-0.3, -0.25) is 4.79 Å². The number of anilines is 1. The highest BCUT2D eigenvalue weighted by molar-refractivity contribution is 7.80. The third-order valence-corrected chi connectivity index (χ3v) is 4.82. The van der Waals surface area contributed by atoms with Crippen molar-refractivity contribution in [3.05, 3.63) is 30.3 Å². The number of ether oxygens (including phenoxy) is 1. The zero-order chi connectivity index (χ0) is 21.7. The average molecular weight is 408 g/mol. The highest BCUT2D eigenvalue weighted by Crippen LogP contribution is 2.18. The van der Waals surface area contributed by atoms with E-state index in [1.807, 2.05) is 70.0 Å². The zero-order valence-corrected chi connectivity index (χ0v) is 18.9. The number of amides is 2. The van der Waals surface area contributed by atoms with Crippen molar-refractivity contribution in [1.82, 2.24) is 10.6 Å². The van der Waals surface area contributed by atoms with Crippen LogP contribution < -0.4 is 15.5 Å². The second-order valence-corrected chi connectivity index (χ2v) is 9.07. The minimum Gasteiger partial charge on any atom is -0.444 e. The molecule has 156 valence electrons. The van der Waals surface area contributed by atoms with Gasteiger partial charge in [0.05, 0.1) is 5.54 Å². The van der Waals surface area contributed by atoms with Crippen molar-refractivity contribution in [2.45, 2.75) is 65.6 Å². The van der Waals surface area contributed by atoms with Crippen LogP contribution in [0.2, 0.25) is 0 Å². The van der Waals surface area contributed by atoms with Crippen LogP contribution in [0.5, 0.6) is 0 Å². The van der Waals surface area contributed by atoms with Crippen LogP contribution in [0.25, 0.3) is 0 Å². The highest BCUT2D eigenvalue weighted by Gasteiger charge is 2.34. The molecule has 1 aromatic carbocycles. The number of hydrogen-bond acceptors (Lipinski definition) is 4. The van der Waals surface area contributed by atoms with E-state index in [0.717, 1.165) is 5.69 Å². The number of hydrogen-bond donors (Lipinski definition) is 2. The quantitative estimate of drug-likeness (QED) is 0.700. The maximum Gasteiger partial charge on any atom is 0.408 e. The van der Waals surface area contributed by atoms with Crippen LogP contribution in [0.15, 0.2) is 30.3 Å². The van der Waals surface area contributed by atoms with E-state index in [1.165, 1.54) is 0 Å². The summed E-state index contributed by atoms with van der Waals surface area (Å²) in [7, 11) is 1.87. The van der Waals surface area contributed by atoms with Gasteiger partial charge in [-0.2, -0.15) is 0 Å². The number of carbonyl (C=O) groups excluding carboxylic acids is 2. The first-order valence-electron chi connectivity index (χ1n) is 9.39. The fraction of sp³-hybridized carbons (Fsp3) is 0.571. The highest BCUT2D eigenvalue weighted by atomic mass is 32.1. The summed E-state index contributed by atoms with van der Waals surface area (Å²) in [5, 5.41) is 5.63. The fourth-order valence-corrected chi connectivity index (χ4v) is 2.75. The number of rotatable bonds is 6. The van der Waals surface area contributed by atoms with Gasteiger partial charge < -0.3 is 20.3 Å². The fourth-order valence-electron chi connectivity index (χ4n) is 2.60. The Morgan fingerprint density at radius 2 is 1.61 bits per heavy atom. The van der Waals surface area contributed by atoms with Crippen LogP contribution in [0.4, 0.5) is 10.5 Å². The molecule has 0 aliphatic heterocycles. The van der Waals surface area contributed by atoms with Crippen LogP contribution in [0, 0.1) is 5.92 Å². The number of alkyl carbamates (subject to hydrolysis) is 1. The molecule has 0 aliphatic rings. The number of nitrogens with one attached hydrogen (secondary N) is 2. The Kier molecular flexibility index (Phi) is 7.99. The Balaban J connectivity index is 2.87. The lowest BCUT2D eigenvalue weighted by atomic mass is 9.99. The summed E-state index contributed by atoms with van der Waals surface area (Å²) in [6, 6.07) is 8.96. The molecule has 0 aromatic heterocycles. The molecule has 0 spiro atoms. The van der Waals surface area contributed by atoms with Gasteiger partial charge in [0.15, 0.2) is 0 Å². The van der Waals surface area contributed by atoms with Gasteiger partial charge in [0.2, 0.25) is 5.91 Å². The Bertz CT molecular complexity index is 697. The van der Waals surface area contributed by atoms with Crippen molar-refractivity contribution in [3.63, 3.8) is 0 Å². The molecule has 2 amide bonds. The van der Waals surface area contributed by atoms with Gasteiger partial charge in [-0.05, 0) is 52.7 Å². The van der Waals surface area contributed by atoms with Crippen LogP contribution >= 0.6 is 12.2 Å². The maximum absolute atomic E-state index is 12.9. The van der Waals surface area contributed by atoms with Crippen molar-refractivity contribution in [3.8, 4) is 0 Å². The third-order valence-electron chi connectivity index (χ3n) is 4.04. The molecule has 2 N–H and O–H groups in total. The van der Waals surface area contributed by atoms with Crippen LogP contribution in [0.1, 0.15) is 48.5 Å². The molecular formula is C21H33N3O3S. The van der Waals surface area contributed by atoms with Crippen molar-refractivity contribution >= 4 is 34.9 Å². The number of benzene rings is 1. The molecule has 1 atom stereocenters. The van der Waals surface area contributed by atoms with Gasteiger partial charge in [-0.25, -0.2) is 4.79 Å². The first-order valence-corrected chi connectivity index (χ1v) is 9.80. The summed E-state index contributed by atoms with van der Waals surface area (Å²) in [5.41, 5.74) is -0.497. The van der Waals surface area contributed by atoms with E-state index < -0.39 is 23.3 Å². The lowest BCUT2D eigenvalue weighted by Gasteiger charge is -2.35. The second kappa shape index (κ2) is 9.37. The molecular weight excluding hydrogens is 374 g/mol. The molecule has 28 heavy (non-hydrogen) atoms. The van der Waals surface area contributed by atoms with E-state index in [2.05, 4.69) is 10.6 Å². The van der Waals surface area contributed by atoms with Crippen molar-refractivity contribution in [2.75, 3.05) is 11.9 Å². The van der Waals surface area contributed by atoms with Crippen LogP contribution in [0.3, 0.4) is 0 Å². The van der Waals surface area contributed by atoms with Gasteiger partial charge in [0.1, 0.15) is 16.6 Å². The first-order chi connectivity index (χ1) is 12.7. The van der Waals surface area contributed by atoms with Crippen LogP contribution in [-0.2, 0) is 9.53 Å². The molecule has 1 rings (SSSR count). The molecule has 0 bridgehead atoms. The lowest BCUT2D eigenvalue weighted by Crippen LogP contribution is -2.60. The Morgan fingerprint density at radius 3 is 2.07 bits per heavy atom. The topological polar surface area (TPSA) is 70.7 Å². The van der Waals surface area contributed by atoms with E-state index >= 15 is 0 Å². The Labute approximate surface area is 174 Å². The van der Waals surface area contributed by atoms with Gasteiger partial charge in [0.25, 0.3) is 0 Å². The number of likely N-dealkylation sites (N-methyl/N-ethyl adjacent to an activating group) is 1. The van der Waals surface area contributed by atoms with E-state index in [1.54, 1.807) is 20.8 Å². The van der Waals surface area contributed by atoms with Crippen LogP contribution in [-0.4, -0.2) is 41.2 Å². The molecule has 0 saturated carbocycles. The van der Waals surface area contributed by atoms with E-state index in [9.17, 15) is 9.59 Å². The number of nitrogens with zero attached hydrogens (tertiary/aromatic N) is 1. The van der Waals surface area contributed by atoms with E-state index in [0.29, 0.717) is 4.99 Å². The predicted octanol–water partition coefficient (Wildman–Crippen LogP) is 3.89. The summed E-state index contributed by atoms with van der Waals surface area (Å²) in [6.45, 7) is 12.7. The largest absolute Gasteiger partial charge is 0.444 e. The Hall–Kier alpha value is -2.15. The monoisotopic (exact) mass is 407 g/mol. The molecule has 0 fully saturated rings. The lowest BCUT2D eigenvalue weighted by molar-refractivity contribution is -0.125. The molecule has 1 aromatic rings. The molecule has 0 aliphatic carbocycles. The SMILES string of the molecule is CC(C)[C@H](NC(=O)OC(C)(C)C)C(=O)NC(C)(C)C(=S)N(C)c1ccccc1. The summed E-state index contributed by atoms with van der Waals surface area (Å²) < 4.78 is 5.28. The van der Waals surface area contributed by atoms with Crippen molar-refractivity contribution in [1.29, 1.82) is 0 Å². The number of carbonyl (C=O) groups is 2. The third kappa shape index (κ3) is 7.11. The smallest absolute Gasteiger partial charge is 0.408 e. The molecule has 0 saturated heterocycles. The minimum atomic E-state index is -0.792. The average Bonchev–Trinajstić information content (AvgIpc) is 2.56. The van der Waals surface area contributed by atoms with Gasteiger partial charge in [-0.1, -0.05) is 44.3 Å². The summed E-state index contributed by atoms with van der Waals surface area (Å²) in [6.07, 6.45) is -0.622. The Morgan fingerprint density at radius 1 is 1.07 bits per heavy atom. The molecule has 6 nitrogen and oxygen atoms in total. The number of para-hydroxylation sites is 1. The maximum atomic E-state index is 12.9. The predicted molar refractivity (Wildman–Crippen MR) is 118 cm³/mol. The molecule has 0 heterocycles. The summed E-state index contributed by atoms with van der Waals surface area (Å²) in [4.78, 5) is 27.5. The zero-order valence-electron chi connectivity index (χ0n) is 18.1. The summed E-state index contributed by atoms with van der Waals surface area (Å²) in [5.74, 6) is -0.432. The van der Waals surface area contributed by atoms with E-state index in [4.69, 9.17) is 17.0 Å². The molecule has 0 unspecified atom stereocenters. The number of thiocarbonyl (C=S) groups is 1. The normalized spacial score (nSPS) is 12.9. The van der Waals surface area contributed by atoms with Gasteiger partial charge in [-0.15, -0.1) is 0 Å². The second-order valence-electron chi connectivity index (χ2n) is 8.68. The van der Waals surface area contributed by atoms with E-state index in [-0.39, 0.29) is 11.8 Å². The minimum absolute atomic E-state index is 0.122. The van der Waals surface area contributed by atoms with Gasteiger partial charge in [0, 0.05) is 12.7 Å². The molecule has 0 radical (unpaired) electrons. The molecule has 7 heteroatoms. The van der Waals surface area contributed by atoms with Gasteiger partial charge >= 0.3 is 6.09 Å². The van der Waals surface area contributed by atoms with Crippen molar-refractivity contribution in [2.24, 2.45) is 5.92 Å².